The van der Waals surface area contributed by atoms with Gasteiger partial charge in [0.15, 0.2) is 5.13 Å². The average Bonchev–Trinajstić information content (AvgIpc) is 2.66. The lowest BCUT2D eigenvalue weighted by atomic mass is 10.3. The smallest absolute Gasteiger partial charge is 0.265 e. The Kier molecular flexibility index (Phi) is 3.55. The van der Waals surface area contributed by atoms with Crippen LogP contribution < -0.4 is 10.5 Å². The van der Waals surface area contributed by atoms with Gasteiger partial charge in [0.1, 0.15) is 10.7 Å². The summed E-state index contributed by atoms with van der Waals surface area (Å²) in [4.78, 5) is 3.51. The highest BCUT2D eigenvalue weighted by Gasteiger charge is 2.19. The summed E-state index contributed by atoms with van der Waals surface area (Å²) in [5, 5.41) is 0.172. The number of nitrogen functional groups attached to an aromatic ring is 1. The van der Waals surface area contributed by atoms with Gasteiger partial charge in [0.2, 0.25) is 0 Å². The minimum atomic E-state index is -3.94. The summed E-state index contributed by atoms with van der Waals surface area (Å²) < 4.78 is 39.9. The van der Waals surface area contributed by atoms with Crippen LogP contribution in [0.15, 0.2) is 33.1 Å². The molecule has 1 aromatic heterocycles. The first kappa shape index (κ1) is 13.2. The molecule has 0 radical (unpaired) electrons. The summed E-state index contributed by atoms with van der Waals surface area (Å²) in [5.41, 5.74) is 5.49. The predicted molar refractivity (Wildman–Crippen MR) is 71.4 cm³/mol. The molecule has 3 N–H and O–H groups in total. The van der Waals surface area contributed by atoms with Crippen LogP contribution >= 0.6 is 27.3 Å². The lowest BCUT2D eigenvalue weighted by Gasteiger charge is -2.07. The highest BCUT2D eigenvalue weighted by molar-refractivity contribution is 9.11. The third-order valence-electron chi connectivity index (χ3n) is 1.96. The maximum atomic E-state index is 13.1. The molecule has 18 heavy (non-hydrogen) atoms. The van der Waals surface area contributed by atoms with E-state index < -0.39 is 15.8 Å². The van der Waals surface area contributed by atoms with Gasteiger partial charge in [-0.2, -0.15) is 0 Å². The monoisotopic (exact) mass is 351 g/mol. The third kappa shape index (κ3) is 2.79. The molecule has 0 aliphatic heterocycles. The molecule has 1 aromatic carbocycles. The van der Waals surface area contributed by atoms with E-state index in [1.165, 1.54) is 12.3 Å². The Morgan fingerprint density at radius 1 is 1.44 bits per heavy atom. The molecule has 0 aliphatic rings. The van der Waals surface area contributed by atoms with Crippen LogP contribution in [0.4, 0.5) is 15.2 Å². The molecule has 2 rings (SSSR count). The molecule has 2 aromatic rings. The van der Waals surface area contributed by atoms with Crippen LogP contribution in [0, 0.1) is 5.82 Å². The molecule has 0 aliphatic carbocycles. The summed E-state index contributed by atoms with van der Waals surface area (Å²) in [5.74, 6) is -0.676. The number of thiazole rings is 1. The first-order valence-corrected chi connectivity index (χ1v) is 7.67. The Hall–Kier alpha value is -1.19. The molecular weight excluding hydrogens is 345 g/mol. The fraction of sp³-hybridized carbons (Fsp3) is 0. The van der Waals surface area contributed by atoms with Crippen LogP contribution in [0.5, 0.6) is 0 Å². The van der Waals surface area contributed by atoms with E-state index in [-0.39, 0.29) is 15.7 Å². The van der Waals surface area contributed by atoms with Crippen LogP contribution in [-0.2, 0) is 10.0 Å². The molecule has 0 unspecified atom stereocenters. The van der Waals surface area contributed by atoms with Crippen molar-refractivity contribution in [3.05, 3.63) is 34.0 Å². The third-order valence-corrected chi connectivity index (χ3v) is 4.88. The van der Waals surface area contributed by atoms with Crippen LogP contribution in [0.1, 0.15) is 0 Å². The van der Waals surface area contributed by atoms with Gasteiger partial charge in [-0.25, -0.2) is 17.8 Å². The number of hydrogen-bond acceptors (Lipinski definition) is 5. The number of nitrogens with zero attached hydrogens (tertiary/aromatic N) is 1. The standard InChI is InChI=1S/C9H7BrFN3O2S2/c10-8-4-13-9(17-8)14-18(15,16)7-3-5(11)1-2-6(7)12/h1-4H,12H2,(H,13,14). The molecule has 9 heteroatoms. The topological polar surface area (TPSA) is 85.1 Å². The Labute approximate surface area is 115 Å². The zero-order chi connectivity index (χ0) is 13.3. The fourth-order valence-corrected chi connectivity index (χ4v) is 3.70. The van der Waals surface area contributed by atoms with Crippen molar-refractivity contribution < 1.29 is 12.8 Å². The number of benzene rings is 1. The molecule has 0 spiro atoms. The van der Waals surface area contributed by atoms with Gasteiger partial charge >= 0.3 is 0 Å². The second-order valence-electron chi connectivity index (χ2n) is 3.26. The van der Waals surface area contributed by atoms with Gasteiger partial charge < -0.3 is 5.73 Å². The van der Waals surface area contributed by atoms with E-state index in [1.807, 2.05) is 0 Å². The average molecular weight is 352 g/mol. The zero-order valence-corrected chi connectivity index (χ0v) is 11.9. The van der Waals surface area contributed by atoms with Crippen molar-refractivity contribution in [1.29, 1.82) is 0 Å². The van der Waals surface area contributed by atoms with Gasteiger partial charge in [-0.15, -0.1) is 0 Å². The normalized spacial score (nSPS) is 11.4. The highest BCUT2D eigenvalue weighted by Crippen LogP contribution is 2.27. The Balaban J connectivity index is 2.39. The van der Waals surface area contributed by atoms with Crippen molar-refractivity contribution >= 4 is 48.1 Å². The van der Waals surface area contributed by atoms with Crippen LogP contribution in [-0.4, -0.2) is 13.4 Å². The van der Waals surface area contributed by atoms with E-state index in [1.54, 1.807) is 0 Å². The van der Waals surface area contributed by atoms with Crippen molar-refractivity contribution in [3.63, 3.8) is 0 Å². The summed E-state index contributed by atoms with van der Waals surface area (Å²) in [6.45, 7) is 0. The first-order valence-electron chi connectivity index (χ1n) is 4.57. The van der Waals surface area contributed by atoms with Crippen molar-refractivity contribution in [2.24, 2.45) is 0 Å². The van der Waals surface area contributed by atoms with Crippen LogP contribution in [0.3, 0.4) is 0 Å². The highest BCUT2D eigenvalue weighted by atomic mass is 79.9. The number of nitrogens with two attached hydrogens (primary N) is 1. The van der Waals surface area contributed by atoms with Crippen molar-refractivity contribution in [2.45, 2.75) is 4.90 Å². The lowest BCUT2D eigenvalue weighted by molar-refractivity contribution is 0.596. The summed E-state index contributed by atoms with van der Waals surface area (Å²) >= 11 is 4.26. The minimum Gasteiger partial charge on any atom is -0.398 e. The molecule has 0 amide bonds. The van der Waals surface area contributed by atoms with E-state index in [0.717, 1.165) is 23.5 Å². The lowest BCUT2D eigenvalue weighted by Crippen LogP contribution is -2.14. The number of anilines is 2. The van der Waals surface area contributed by atoms with Crippen molar-refractivity contribution in [2.75, 3.05) is 10.5 Å². The maximum absolute atomic E-state index is 13.1. The first-order chi connectivity index (χ1) is 8.38. The van der Waals surface area contributed by atoms with Crippen molar-refractivity contribution in [1.82, 2.24) is 4.98 Å². The van der Waals surface area contributed by atoms with Gasteiger partial charge in [0.05, 0.1) is 15.7 Å². The van der Waals surface area contributed by atoms with E-state index in [2.05, 4.69) is 25.6 Å². The van der Waals surface area contributed by atoms with Gasteiger partial charge in [0, 0.05) is 0 Å². The van der Waals surface area contributed by atoms with Crippen LogP contribution in [0.2, 0.25) is 0 Å². The van der Waals surface area contributed by atoms with E-state index in [9.17, 15) is 12.8 Å². The second-order valence-corrected chi connectivity index (χ2v) is 7.32. The van der Waals surface area contributed by atoms with Gasteiger partial charge in [0.25, 0.3) is 10.0 Å². The number of nitrogens with one attached hydrogen (secondary N) is 1. The minimum absolute atomic E-state index is 0.0282. The molecule has 0 atom stereocenters. The molecule has 0 fully saturated rings. The number of rotatable bonds is 3. The molecule has 5 nitrogen and oxygen atoms in total. The van der Waals surface area contributed by atoms with Gasteiger partial charge in [-0.3, -0.25) is 4.72 Å². The molecule has 0 saturated heterocycles. The molecular formula is C9H7BrFN3O2S2. The second kappa shape index (κ2) is 4.82. The van der Waals surface area contributed by atoms with Gasteiger partial charge in [-0.1, -0.05) is 11.3 Å². The van der Waals surface area contributed by atoms with Crippen molar-refractivity contribution in [3.8, 4) is 0 Å². The van der Waals surface area contributed by atoms with Gasteiger partial charge in [-0.05, 0) is 34.1 Å². The van der Waals surface area contributed by atoms with Crippen LogP contribution in [0.25, 0.3) is 0 Å². The van der Waals surface area contributed by atoms with E-state index in [0.29, 0.717) is 3.79 Å². The summed E-state index contributed by atoms with van der Waals surface area (Å²) in [6, 6.07) is 3.15. The number of sulfonamides is 1. The number of hydrogen-bond donors (Lipinski definition) is 2. The number of aromatic nitrogens is 1. The maximum Gasteiger partial charge on any atom is 0.265 e. The molecule has 96 valence electrons. The molecule has 0 bridgehead atoms. The summed E-state index contributed by atoms with van der Waals surface area (Å²) in [6.07, 6.45) is 1.46. The Morgan fingerprint density at radius 2 is 2.17 bits per heavy atom. The number of halogens is 2. The predicted octanol–water partition coefficient (Wildman–Crippen LogP) is 2.43. The largest absolute Gasteiger partial charge is 0.398 e. The zero-order valence-electron chi connectivity index (χ0n) is 8.72. The Morgan fingerprint density at radius 3 is 2.78 bits per heavy atom. The Bertz CT molecular complexity index is 687. The van der Waals surface area contributed by atoms with E-state index in [4.69, 9.17) is 5.73 Å². The quantitative estimate of drug-likeness (QED) is 0.831. The molecule has 1 heterocycles. The SMILES string of the molecule is Nc1ccc(F)cc1S(=O)(=O)Nc1ncc(Br)s1. The molecule has 0 saturated carbocycles. The van der Waals surface area contributed by atoms with E-state index >= 15 is 0 Å². The summed E-state index contributed by atoms with van der Waals surface area (Å²) in [7, 11) is -3.94. The fourth-order valence-electron chi connectivity index (χ4n) is 1.21.